The Morgan fingerprint density at radius 3 is 2.25 bits per heavy atom. The minimum atomic E-state index is -4.80. The van der Waals surface area contributed by atoms with E-state index in [-0.39, 0.29) is 101 Å². The minimum Gasteiger partial charge on any atom is -0.460 e. The van der Waals surface area contributed by atoms with Crippen molar-refractivity contribution in [3.63, 3.8) is 0 Å². The van der Waals surface area contributed by atoms with Gasteiger partial charge in [-0.2, -0.15) is 0 Å². The van der Waals surface area contributed by atoms with Gasteiger partial charge in [0.1, 0.15) is 30.1 Å². The second kappa shape index (κ2) is 31.9. The molecule has 1 unspecified atom stereocenters. The maximum absolute atomic E-state index is 14.6. The number of allylic oxidation sites excluding steroid dienone is 6. The Hall–Kier alpha value is -3.70. The van der Waals surface area contributed by atoms with Crippen molar-refractivity contribution in [3.05, 3.63) is 47.6 Å². The van der Waals surface area contributed by atoms with Crippen molar-refractivity contribution >= 4 is 29.2 Å². The number of fused-ring (bicyclic) bond motifs is 3. The fourth-order valence-corrected chi connectivity index (χ4v) is 11.0. The molecular formula is C57H88F3NO16. The van der Waals surface area contributed by atoms with Crippen LogP contribution in [0.5, 0.6) is 0 Å². The van der Waals surface area contributed by atoms with Crippen molar-refractivity contribution in [2.45, 2.75) is 186 Å². The number of aliphatic hydroxyl groups is 3. The Labute approximate surface area is 453 Å². The molecule has 3 aliphatic heterocycles. The van der Waals surface area contributed by atoms with Gasteiger partial charge in [-0.05, 0) is 107 Å². The van der Waals surface area contributed by atoms with Gasteiger partial charge in [0.2, 0.25) is 5.79 Å². The van der Waals surface area contributed by atoms with E-state index in [4.69, 9.17) is 33.2 Å². The van der Waals surface area contributed by atoms with Gasteiger partial charge in [-0.25, -0.2) is 4.79 Å². The molecule has 2 bridgehead atoms. The maximum Gasteiger partial charge on any atom is 0.522 e. The van der Waals surface area contributed by atoms with Crippen molar-refractivity contribution < 1.29 is 90.4 Å². The number of carbonyl (C=O) groups excluding carboxylic acids is 5. The number of aliphatic hydroxyl groups excluding tert-OH is 2. The zero-order valence-corrected chi connectivity index (χ0v) is 46.7. The summed E-state index contributed by atoms with van der Waals surface area (Å²) in [6, 6.07) is -1.23. The molecule has 0 spiro atoms. The highest BCUT2D eigenvalue weighted by Gasteiger charge is 2.53. The fourth-order valence-electron chi connectivity index (χ4n) is 11.0. The first kappa shape index (κ1) is 65.8. The van der Waals surface area contributed by atoms with Gasteiger partial charge in [-0.3, -0.25) is 23.9 Å². The number of esters is 1. The molecule has 77 heavy (non-hydrogen) atoms. The van der Waals surface area contributed by atoms with E-state index < -0.39 is 96.6 Å². The van der Waals surface area contributed by atoms with E-state index in [0.717, 1.165) is 11.3 Å². The van der Waals surface area contributed by atoms with Crippen LogP contribution in [0.1, 0.15) is 126 Å². The zero-order chi connectivity index (χ0) is 57.0. The highest BCUT2D eigenvalue weighted by molar-refractivity contribution is 6.39. The SMILES string of the molecule is CO[C@@H]1C[C@H](C[C@@H](C)[C@@H]2CC(=O)[C@H](C)/C=C(\C)[C@@H](O)[C@@H](OC)C(=O)[C@H](C)C[C@H](C)/C=C/C=C/C=C(\C)C(OCCOCCOC(F)(F)F)C[C@@H]3CC[C@@H](C)[C@@](O)(O3)C(=O)C(=O)N3CCCC[C@H]3C(=O)O2)CC[C@H]1OCCO. The van der Waals surface area contributed by atoms with Crippen LogP contribution in [0.2, 0.25) is 0 Å². The van der Waals surface area contributed by atoms with Gasteiger partial charge in [0.05, 0.1) is 64.1 Å². The molecule has 17 nitrogen and oxygen atoms in total. The fraction of sp³-hybridized carbons (Fsp3) is 0.772. The molecule has 2 saturated heterocycles. The summed E-state index contributed by atoms with van der Waals surface area (Å²) in [7, 11) is 2.95. The third-order valence-electron chi connectivity index (χ3n) is 15.6. The molecule has 438 valence electrons. The van der Waals surface area contributed by atoms with Crippen molar-refractivity contribution in [2.24, 2.45) is 35.5 Å². The van der Waals surface area contributed by atoms with Crippen LogP contribution in [-0.4, -0.2) is 171 Å². The summed E-state index contributed by atoms with van der Waals surface area (Å²) in [4.78, 5) is 72.7. The highest BCUT2D eigenvalue weighted by Crippen LogP contribution is 2.38. The third kappa shape index (κ3) is 20.1. The Balaban J connectivity index is 1.69. The van der Waals surface area contributed by atoms with Crippen LogP contribution >= 0.6 is 0 Å². The molecule has 0 aromatic heterocycles. The summed E-state index contributed by atoms with van der Waals surface area (Å²) >= 11 is 0. The molecule has 0 radical (unpaired) electrons. The Bertz CT molecular complexity index is 2030. The van der Waals surface area contributed by atoms with E-state index in [1.807, 2.05) is 26.0 Å². The first-order valence-electron chi connectivity index (χ1n) is 27.5. The van der Waals surface area contributed by atoms with Gasteiger partial charge in [0.25, 0.3) is 11.7 Å². The van der Waals surface area contributed by atoms with E-state index in [9.17, 15) is 52.5 Å². The quantitative estimate of drug-likeness (QED) is 0.0643. The summed E-state index contributed by atoms with van der Waals surface area (Å²) in [6.07, 6.45) is 5.03. The second-order valence-corrected chi connectivity index (χ2v) is 21.7. The van der Waals surface area contributed by atoms with Crippen LogP contribution in [-0.2, 0) is 61.9 Å². The number of hydrogen-bond acceptors (Lipinski definition) is 16. The number of piperidine rings is 1. The number of methoxy groups -OCH3 is 2. The number of cyclic esters (lactones) is 1. The van der Waals surface area contributed by atoms with Crippen LogP contribution in [0.3, 0.4) is 0 Å². The van der Waals surface area contributed by atoms with Gasteiger partial charge in [-0.1, -0.05) is 71.1 Å². The number of rotatable bonds is 15. The number of Topliss-reactive ketones (excluding diaryl/α,β-unsaturated/α-hetero) is 3. The molecule has 4 rings (SSSR count). The number of hydrogen-bond donors (Lipinski definition) is 3. The molecular weight excluding hydrogens is 1010 g/mol. The zero-order valence-electron chi connectivity index (χ0n) is 46.7. The Morgan fingerprint density at radius 2 is 1.56 bits per heavy atom. The minimum absolute atomic E-state index is 0.0104. The van der Waals surface area contributed by atoms with E-state index in [0.29, 0.717) is 56.1 Å². The van der Waals surface area contributed by atoms with Crippen molar-refractivity contribution in [1.82, 2.24) is 4.90 Å². The first-order chi connectivity index (χ1) is 36.4. The van der Waals surface area contributed by atoms with Gasteiger partial charge in [0, 0.05) is 51.4 Å². The lowest BCUT2D eigenvalue weighted by molar-refractivity contribution is -0.327. The second-order valence-electron chi connectivity index (χ2n) is 21.7. The van der Waals surface area contributed by atoms with Gasteiger partial charge >= 0.3 is 12.3 Å². The van der Waals surface area contributed by atoms with Crippen LogP contribution < -0.4 is 0 Å². The van der Waals surface area contributed by atoms with E-state index in [1.165, 1.54) is 7.11 Å². The van der Waals surface area contributed by atoms with E-state index >= 15 is 0 Å². The lowest BCUT2D eigenvalue weighted by Crippen LogP contribution is -2.61. The van der Waals surface area contributed by atoms with Gasteiger partial charge in [0.15, 0.2) is 5.78 Å². The molecule has 0 aromatic carbocycles. The number of halogens is 3. The number of ether oxygens (including phenoxy) is 8. The number of carbonyl (C=O) groups is 5. The number of amides is 1. The molecule has 4 aliphatic rings. The molecule has 1 amide bonds. The molecule has 3 N–H and O–H groups in total. The van der Waals surface area contributed by atoms with Crippen molar-refractivity contribution in [3.8, 4) is 0 Å². The van der Waals surface area contributed by atoms with Gasteiger partial charge < -0.3 is 53.4 Å². The molecule has 3 heterocycles. The molecule has 1 saturated carbocycles. The molecule has 15 atom stereocenters. The average molecular weight is 1100 g/mol. The van der Waals surface area contributed by atoms with Crippen molar-refractivity contribution in [1.29, 1.82) is 0 Å². The predicted octanol–water partition coefficient (Wildman–Crippen LogP) is 7.12. The maximum atomic E-state index is 14.6. The smallest absolute Gasteiger partial charge is 0.460 e. The predicted molar refractivity (Wildman–Crippen MR) is 278 cm³/mol. The van der Waals surface area contributed by atoms with E-state index in [1.54, 1.807) is 66.0 Å². The molecule has 20 heteroatoms. The molecule has 0 aromatic rings. The monoisotopic (exact) mass is 1100 g/mol. The normalized spacial score (nSPS) is 36.2. The number of alkyl halides is 3. The summed E-state index contributed by atoms with van der Waals surface area (Å²) < 4.78 is 82.5. The van der Waals surface area contributed by atoms with Crippen LogP contribution in [0.25, 0.3) is 0 Å². The lowest BCUT2D eigenvalue weighted by Gasteiger charge is -2.43. The summed E-state index contributed by atoms with van der Waals surface area (Å²) in [5.74, 6) is -8.88. The molecule has 3 fully saturated rings. The average Bonchev–Trinajstić information content (AvgIpc) is 3.39. The summed E-state index contributed by atoms with van der Waals surface area (Å²) in [6.45, 7) is 11.2. The van der Waals surface area contributed by atoms with E-state index in [2.05, 4.69) is 4.74 Å². The van der Waals surface area contributed by atoms with Crippen LogP contribution in [0.4, 0.5) is 13.2 Å². The Morgan fingerprint density at radius 1 is 0.831 bits per heavy atom. The number of nitrogens with zero attached hydrogens (tertiary/aromatic N) is 1. The summed E-state index contributed by atoms with van der Waals surface area (Å²) in [5, 5.41) is 33.0. The lowest BCUT2D eigenvalue weighted by atomic mass is 9.78. The standard InChI is InChI=1S/C57H88F3NO16/c1-35-15-11-10-12-16-36(2)47(74-27-25-72-26-28-75-57(58,59)60)33-43-20-18-41(7)56(69,77-43)53(66)54(67)61-22-14-13-17-44(61)55(68)76-48(38(4)31-42-19-21-46(73-24-23-62)49(32-42)70-8)34-45(63)37(3)30-40(6)51(65)52(71-9)50(64)39(5)29-35/h10-12,15-16,30,35,37-39,41-44,46-49,51-52,62,65,69H,13-14,17-29,31-34H2,1-9H3/b12-10+,15-11+,36-16+,40-30+/t35-,37-,38-,39-,41-,42+,43+,44+,46-,47?,48+,49-,51-,52+,56-/m1/s1. The topological polar surface area (TPSA) is 223 Å². The van der Waals surface area contributed by atoms with Gasteiger partial charge in [-0.15, -0.1) is 13.2 Å². The number of ketones is 3. The van der Waals surface area contributed by atoms with Crippen molar-refractivity contribution in [2.75, 3.05) is 60.4 Å². The largest absolute Gasteiger partial charge is 0.522 e. The van der Waals surface area contributed by atoms with Crippen LogP contribution in [0, 0.1) is 35.5 Å². The molecule has 1 aliphatic carbocycles. The van der Waals surface area contributed by atoms with Crippen LogP contribution in [0.15, 0.2) is 47.6 Å². The first-order valence-corrected chi connectivity index (χ1v) is 27.5. The Kier molecular flexibility index (Phi) is 27.3. The summed E-state index contributed by atoms with van der Waals surface area (Å²) in [5.41, 5.74) is 1.04. The third-order valence-corrected chi connectivity index (χ3v) is 15.6. The highest BCUT2D eigenvalue weighted by atomic mass is 19.4.